The molecule has 18 heavy (non-hydrogen) atoms. The number of rotatable bonds is 4. The fourth-order valence-electron chi connectivity index (χ4n) is 2.96. The molecule has 0 aromatic carbocycles. The molecule has 1 aliphatic carbocycles. The van der Waals surface area contributed by atoms with Crippen molar-refractivity contribution < 1.29 is 0 Å². The molecular weight excluding hydrogens is 222 g/mol. The molecule has 100 valence electrons. The predicted molar refractivity (Wildman–Crippen MR) is 75.2 cm³/mol. The van der Waals surface area contributed by atoms with E-state index in [0.29, 0.717) is 12.1 Å². The fraction of sp³-hybridized carbons (Fsp3) is 0.667. The summed E-state index contributed by atoms with van der Waals surface area (Å²) >= 11 is 0. The van der Waals surface area contributed by atoms with Gasteiger partial charge < -0.3 is 5.73 Å². The van der Waals surface area contributed by atoms with Crippen LogP contribution in [0.4, 0.5) is 0 Å². The van der Waals surface area contributed by atoms with Gasteiger partial charge in [-0.25, -0.2) is 0 Å². The van der Waals surface area contributed by atoms with Crippen molar-refractivity contribution in [2.45, 2.75) is 57.7 Å². The van der Waals surface area contributed by atoms with Crippen LogP contribution in [-0.2, 0) is 6.54 Å². The second-order valence-corrected chi connectivity index (χ2v) is 5.29. The van der Waals surface area contributed by atoms with Crippen LogP contribution in [0, 0.1) is 0 Å². The molecule has 2 rings (SSSR count). The second kappa shape index (κ2) is 6.86. The van der Waals surface area contributed by atoms with E-state index in [1.54, 1.807) is 0 Å². The maximum Gasteiger partial charge on any atom is 0.0271 e. The summed E-state index contributed by atoms with van der Waals surface area (Å²) in [5.41, 5.74) is 7.69. The maximum absolute atomic E-state index is 6.36. The Labute approximate surface area is 110 Å². The Morgan fingerprint density at radius 3 is 2.67 bits per heavy atom. The van der Waals surface area contributed by atoms with Gasteiger partial charge in [0.25, 0.3) is 0 Å². The largest absolute Gasteiger partial charge is 0.326 e. The van der Waals surface area contributed by atoms with E-state index >= 15 is 0 Å². The van der Waals surface area contributed by atoms with Crippen molar-refractivity contribution in [3.8, 4) is 0 Å². The van der Waals surface area contributed by atoms with Crippen LogP contribution in [0.3, 0.4) is 0 Å². The quantitative estimate of drug-likeness (QED) is 0.831. The van der Waals surface area contributed by atoms with Crippen LogP contribution in [0.2, 0.25) is 0 Å². The topological polar surface area (TPSA) is 42.2 Å². The molecule has 2 unspecified atom stereocenters. The monoisotopic (exact) mass is 247 g/mol. The molecule has 0 spiro atoms. The first-order valence-electron chi connectivity index (χ1n) is 7.19. The summed E-state index contributed by atoms with van der Waals surface area (Å²) in [6.07, 6.45) is 10.1. The molecule has 1 aromatic heterocycles. The molecule has 2 N–H and O–H groups in total. The standard InChI is InChI=1S/C15H25N3/c1-2-18(12-13-8-10-17-11-9-13)15-7-5-3-4-6-14(15)16/h8-11,14-15H,2-7,12,16H2,1H3. The van der Waals surface area contributed by atoms with Crippen LogP contribution in [0.5, 0.6) is 0 Å². The van der Waals surface area contributed by atoms with Gasteiger partial charge in [0.2, 0.25) is 0 Å². The summed E-state index contributed by atoms with van der Waals surface area (Å²) in [4.78, 5) is 6.61. The lowest BCUT2D eigenvalue weighted by Gasteiger charge is -2.34. The molecule has 1 aromatic rings. The van der Waals surface area contributed by atoms with E-state index in [0.717, 1.165) is 13.1 Å². The highest BCUT2D eigenvalue weighted by atomic mass is 15.2. The van der Waals surface area contributed by atoms with Gasteiger partial charge in [0.15, 0.2) is 0 Å². The molecule has 3 heteroatoms. The third-order valence-corrected chi connectivity index (χ3v) is 4.04. The first-order valence-corrected chi connectivity index (χ1v) is 7.19. The molecule has 1 saturated carbocycles. The van der Waals surface area contributed by atoms with E-state index in [4.69, 9.17) is 5.73 Å². The summed E-state index contributed by atoms with van der Waals surface area (Å²) in [5, 5.41) is 0. The lowest BCUT2D eigenvalue weighted by Crippen LogP contribution is -2.46. The minimum Gasteiger partial charge on any atom is -0.326 e. The molecule has 2 atom stereocenters. The summed E-state index contributed by atoms with van der Waals surface area (Å²) in [6.45, 7) is 4.30. The zero-order valence-electron chi connectivity index (χ0n) is 11.4. The lowest BCUT2D eigenvalue weighted by atomic mass is 10.0. The average Bonchev–Trinajstić information content (AvgIpc) is 2.62. The Morgan fingerprint density at radius 1 is 1.22 bits per heavy atom. The number of hydrogen-bond acceptors (Lipinski definition) is 3. The number of nitrogens with two attached hydrogens (primary N) is 1. The Bertz CT molecular complexity index is 339. The number of nitrogens with zero attached hydrogens (tertiary/aromatic N) is 2. The maximum atomic E-state index is 6.36. The zero-order valence-corrected chi connectivity index (χ0v) is 11.4. The lowest BCUT2D eigenvalue weighted by molar-refractivity contribution is 0.162. The Kier molecular flexibility index (Phi) is 5.14. The number of hydrogen-bond donors (Lipinski definition) is 1. The Balaban J connectivity index is 2.02. The van der Waals surface area contributed by atoms with Crippen molar-refractivity contribution in [3.05, 3.63) is 30.1 Å². The normalized spacial score (nSPS) is 25.1. The van der Waals surface area contributed by atoms with Crippen LogP contribution in [-0.4, -0.2) is 28.5 Å². The highest BCUT2D eigenvalue weighted by Crippen LogP contribution is 2.22. The van der Waals surface area contributed by atoms with Gasteiger partial charge in [-0.1, -0.05) is 26.2 Å². The number of pyridine rings is 1. The third-order valence-electron chi connectivity index (χ3n) is 4.04. The minimum absolute atomic E-state index is 0.342. The van der Waals surface area contributed by atoms with Gasteiger partial charge in [-0.2, -0.15) is 0 Å². The first-order chi connectivity index (χ1) is 8.81. The van der Waals surface area contributed by atoms with Crippen LogP contribution >= 0.6 is 0 Å². The first kappa shape index (κ1) is 13.5. The van der Waals surface area contributed by atoms with E-state index in [1.165, 1.54) is 37.7 Å². The van der Waals surface area contributed by atoms with Crippen LogP contribution in [0.25, 0.3) is 0 Å². The average molecular weight is 247 g/mol. The van der Waals surface area contributed by atoms with Gasteiger partial charge in [0.05, 0.1) is 0 Å². The van der Waals surface area contributed by atoms with E-state index in [1.807, 2.05) is 12.4 Å². The van der Waals surface area contributed by atoms with Crippen LogP contribution in [0.1, 0.15) is 44.6 Å². The number of likely N-dealkylation sites (N-methyl/N-ethyl adjacent to an activating group) is 1. The molecule has 1 fully saturated rings. The van der Waals surface area contributed by atoms with Crippen molar-refractivity contribution in [3.63, 3.8) is 0 Å². The van der Waals surface area contributed by atoms with E-state index < -0.39 is 0 Å². The molecule has 0 bridgehead atoms. The third kappa shape index (κ3) is 3.53. The highest BCUT2D eigenvalue weighted by molar-refractivity contribution is 5.09. The van der Waals surface area contributed by atoms with Crippen LogP contribution in [0.15, 0.2) is 24.5 Å². The van der Waals surface area contributed by atoms with Gasteiger partial charge in [-0.05, 0) is 37.1 Å². The number of aromatic nitrogens is 1. The van der Waals surface area contributed by atoms with Crippen molar-refractivity contribution in [1.29, 1.82) is 0 Å². The van der Waals surface area contributed by atoms with E-state index in [2.05, 4.69) is 28.9 Å². The molecule has 0 saturated heterocycles. The summed E-state index contributed by atoms with van der Waals surface area (Å²) < 4.78 is 0. The molecule has 0 aliphatic heterocycles. The zero-order chi connectivity index (χ0) is 12.8. The Hall–Kier alpha value is -0.930. The van der Waals surface area contributed by atoms with Crippen LogP contribution < -0.4 is 5.73 Å². The van der Waals surface area contributed by atoms with E-state index in [9.17, 15) is 0 Å². The molecule has 0 radical (unpaired) electrons. The van der Waals surface area contributed by atoms with E-state index in [-0.39, 0.29) is 0 Å². The second-order valence-electron chi connectivity index (χ2n) is 5.29. The van der Waals surface area contributed by atoms with Gasteiger partial charge in [0.1, 0.15) is 0 Å². The fourth-order valence-corrected chi connectivity index (χ4v) is 2.96. The van der Waals surface area contributed by atoms with Gasteiger partial charge in [-0.3, -0.25) is 9.88 Å². The van der Waals surface area contributed by atoms with Crippen molar-refractivity contribution in [2.24, 2.45) is 5.73 Å². The molecule has 3 nitrogen and oxygen atoms in total. The van der Waals surface area contributed by atoms with Gasteiger partial charge in [-0.15, -0.1) is 0 Å². The highest BCUT2D eigenvalue weighted by Gasteiger charge is 2.25. The predicted octanol–water partition coefficient (Wildman–Crippen LogP) is 2.56. The summed E-state index contributed by atoms with van der Waals surface area (Å²) in [6, 6.07) is 5.09. The summed E-state index contributed by atoms with van der Waals surface area (Å²) in [7, 11) is 0. The van der Waals surface area contributed by atoms with Crippen molar-refractivity contribution in [1.82, 2.24) is 9.88 Å². The summed E-state index contributed by atoms with van der Waals surface area (Å²) in [5.74, 6) is 0. The molecule has 0 amide bonds. The van der Waals surface area contributed by atoms with Gasteiger partial charge >= 0.3 is 0 Å². The van der Waals surface area contributed by atoms with Crippen molar-refractivity contribution >= 4 is 0 Å². The van der Waals surface area contributed by atoms with Crippen molar-refractivity contribution in [2.75, 3.05) is 6.54 Å². The Morgan fingerprint density at radius 2 is 1.94 bits per heavy atom. The van der Waals surface area contributed by atoms with Gasteiger partial charge in [0, 0.05) is 31.0 Å². The molecule has 1 aliphatic rings. The molecular formula is C15H25N3. The smallest absolute Gasteiger partial charge is 0.0271 e. The minimum atomic E-state index is 0.342. The molecule has 1 heterocycles. The SMILES string of the molecule is CCN(Cc1ccncc1)C1CCCCCC1N.